The zero-order valence-corrected chi connectivity index (χ0v) is 15.9. The fourth-order valence-electron chi connectivity index (χ4n) is 2.36. The van der Waals surface area contributed by atoms with E-state index in [-0.39, 0.29) is 29.6 Å². The van der Waals surface area contributed by atoms with Crippen molar-refractivity contribution < 1.29 is 23.7 Å². The largest absolute Gasteiger partial charge is 0.479 e. The maximum atomic E-state index is 12.2. The van der Waals surface area contributed by atoms with Gasteiger partial charge in [0.15, 0.2) is 5.69 Å². The second kappa shape index (κ2) is 8.26. The molecule has 1 aliphatic rings. The van der Waals surface area contributed by atoms with Gasteiger partial charge in [0.05, 0.1) is 33.5 Å². The van der Waals surface area contributed by atoms with Crippen LogP contribution in [0.25, 0.3) is 0 Å². The summed E-state index contributed by atoms with van der Waals surface area (Å²) in [5, 5.41) is 3.06. The molecule has 2 heterocycles. The zero-order valence-electron chi connectivity index (χ0n) is 15.9. The Morgan fingerprint density at radius 3 is 2.46 bits per heavy atom. The van der Waals surface area contributed by atoms with E-state index in [2.05, 4.69) is 15.3 Å². The van der Waals surface area contributed by atoms with Crippen LogP contribution in [-0.4, -0.2) is 73.1 Å². The van der Waals surface area contributed by atoms with Gasteiger partial charge in [-0.15, -0.1) is 0 Å². The number of nitrogens with zero attached hydrogens (tertiary/aromatic N) is 3. The first-order valence-corrected chi connectivity index (χ1v) is 8.32. The Morgan fingerprint density at radius 2 is 1.92 bits per heavy atom. The molecule has 1 aromatic heterocycles. The van der Waals surface area contributed by atoms with Crippen molar-refractivity contribution >= 4 is 17.7 Å². The third kappa shape index (κ3) is 5.25. The minimum absolute atomic E-state index is 0.222. The van der Waals surface area contributed by atoms with E-state index >= 15 is 0 Å². The molecule has 0 radical (unpaired) electrons. The maximum absolute atomic E-state index is 12.2. The molecule has 0 bridgehead atoms. The monoisotopic (exact) mass is 369 g/mol. The van der Waals surface area contributed by atoms with E-state index < -0.39 is 5.60 Å². The lowest BCUT2D eigenvalue weighted by Gasteiger charge is -2.34. The summed E-state index contributed by atoms with van der Waals surface area (Å²) >= 11 is 0. The number of hydrogen-bond donors (Lipinski definition) is 2. The standard InChI is InChI=1S/C16H27N5O5/c1-16(2,3)26-15(22)21-6-7-25-10(9-21)8-18-14-19-12(23-4)11(17)13(20-14)24-5/h10H,6-9,17H2,1-5H3,(H,18,19,20). The molecule has 0 spiro atoms. The van der Waals surface area contributed by atoms with Crippen LogP contribution in [0.2, 0.25) is 0 Å². The van der Waals surface area contributed by atoms with Crippen molar-refractivity contribution in [2.75, 3.05) is 51.5 Å². The van der Waals surface area contributed by atoms with E-state index in [1.54, 1.807) is 4.90 Å². The van der Waals surface area contributed by atoms with Crippen LogP contribution in [0.1, 0.15) is 20.8 Å². The van der Waals surface area contributed by atoms with E-state index in [0.29, 0.717) is 32.2 Å². The lowest BCUT2D eigenvalue weighted by Crippen LogP contribution is -2.49. The average Bonchev–Trinajstić information content (AvgIpc) is 2.59. The number of ether oxygens (including phenoxy) is 4. The number of hydrogen-bond acceptors (Lipinski definition) is 9. The van der Waals surface area contributed by atoms with Gasteiger partial charge in [0.25, 0.3) is 0 Å². The van der Waals surface area contributed by atoms with E-state index in [9.17, 15) is 4.79 Å². The molecular formula is C16H27N5O5. The van der Waals surface area contributed by atoms with E-state index in [4.69, 9.17) is 24.7 Å². The quantitative estimate of drug-likeness (QED) is 0.786. The number of rotatable bonds is 5. The van der Waals surface area contributed by atoms with Crippen LogP contribution in [0.15, 0.2) is 0 Å². The van der Waals surface area contributed by atoms with Gasteiger partial charge in [-0.1, -0.05) is 0 Å². The molecule has 1 saturated heterocycles. The van der Waals surface area contributed by atoms with Crippen molar-refractivity contribution in [1.29, 1.82) is 0 Å². The average molecular weight is 369 g/mol. The molecule has 0 aliphatic carbocycles. The van der Waals surface area contributed by atoms with Gasteiger partial charge in [-0.2, -0.15) is 9.97 Å². The van der Waals surface area contributed by atoms with Gasteiger partial charge in [-0.25, -0.2) is 4.79 Å². The van der Waals surface area contributed by atoms with Gasteiger partial charge in [0.1, 0.15) is 5.60 Å². The molecule has 26 heavy (non-hydrogen) atoms. The van der Waals surface area contributed by atoms with E-state index in [0.717, 1.165) is 0 Å². The maximum Gasteiger partial charge on any atom is 0.410 e. The first kappa shape index (κ1) is 19.8. The molecule has 146 valence electrons. The Bertz CT molecular complexity index is 609. The minimum atomic E-state index is -0.534. The molecule has 1 amide bonds. The second-order valence-corrected chi connectivity index (χ2v) is 6.78. The topological polar surface area (TPSA) is 121 Å². The number of methoxy groups -OCH3 is 2. The Hall–Kier alpha value is -2.49. The number of nitrogens with one attached hydrogen (secondary N) is 1. The molecule has 1 atom stereocenters. The lowest BCUT2D eigenvalue weighted by molar-refractivity contribution is -0.0371. The number of carbonyl (C=O) groups is 1. The highest BCUT2D eigenvalue weighted by atomic mass is 16.6. The minimum Gasteiger partial charge on any atom is -0.479 e. The molecule has 3 N–H and O–H groups in total. The van der Waals surface area contributed by atoms with Crippen LogP contribution < -0.4 is 20.5 Å². The van der Waals surface area contributed by atoms with Gasteiger partial charge < -0.3 is 34.9 Å². The number of nitrogen functional groups attached to an aromatic ring is 1. The lowest BCUT2D eigenvalue weighted by atomic mass is 10.2. The smallest absolute Gasteiger partial charge is 0.410 e. The van der Waals surface area contributed by atoms with Crippen molar-refractivity contribution in [3.8, 4) is 11.8 Å². The highest BCUT2D eigenvalue weighted by Gasteiger charge is 2.28. The number of morpholine rings is 1. The van der Waals surface area contributed by atoms with Gasteiger partial charge in [-0.05, 0) is 20.8 Å². The summed E-state index contributed by atoms with van der Waals surface area (Å²) in [7, 11) is 2.93. The second-order valence-electron chi connectivity index (χ2n) is 6.78. The molecular weight excluding hydrogens is 342 g/mol. The molecule has 10 heteroatoms. The number of nitrogens with two attached hydrogens (primary N) is 1. The number of carbonyl (C=O) groups excluding carboxylic acids is 1. The molecule has 1 fully saturated rings. The van der Waals surface area contributed by atoms with Crippen LogP contribution in [-0.2, 0) is 9.47 Å². The predicted molar refractivity (Wildman–Crippen MR) is 95.6 cm³/mol. The first-order chi connectivity index (χ1) is 12.2. The molecule has 2 rings (SSSR count). The summed E-state index contributed by atoms with van der Waals surface area (Å²) in [4.78, 5) is 22.2. The zero-order chi connectivity index (χ0) is 19.3. The third-order valence-electron chi connectivity index (χ3n) is 3.54. The van der Waals surface area contributed by atoms with Crippen molar-refractivity contribution in [1.82, 2.24) is 14.9 Å². The number of amides is 1. The summed E-state index contributed by atoms with van der Waals surface area (Å²) in [6, 6.07) is 0. The summed E-state index contributed by atoms with van der Waals surface area (Å²) in [6.07, 6.45) is -0.577. The Balaban J connectivity index is 1.96. The first-order valence-electron chi connectivity index (χ1n) is 8.32. The van der Waals surface area contributed by atoms with Crippen molar-refractivity contribution in [2.24, 2.45) is 0 Å². The van der Waals surface area contributed by atoms with Gasteiger partial charge >= 0.3 is 6.09 Å². The number of aromatic nitrogens is 2. The van der Waals surface area contributed by atoms with Crippen LogP contribution in [0.5, 0.6) is 11.8 Å². The molecule has 1 aliphatic heterocycles. The summed E-state index contributed by atoms with van der Waals surface area (Å²) in [6.45, 7) is 7.24. The van der Waals surface area contributed by atoms with E-state index in [1.165, 1.54) is 14.2 Å². The molecule has 1 aromatic rings. The van der Waals surface area contributed by atoms with Crippen molar-refractivity contribution in [3.63, 3.8) is 0 Å². The fourth-order valence-corrected chi connectivity index (χ4v) is 2.36. The van der Waals surface area contributed by atoms with Gasteiger partial charge in [-0.3, -0.25) is 0 Å². The predicted octanol–water partition coefficient (Wildman–Crippen LogP) is 1.12. The summed E-state index contributed by atoms with van der Waals surface area (Å²) < 4.78 is 21.3. The highest BCUT2D eigenvalue weighted by Crippen LogP contribution is 2.28. The van der Waals surface area contributed by atoms with Crippen LogP contribution >= 0.6 is 0 Å². The van der Waals surface area contributed by atoms with Crippen molar-refractivity contribution in [2.45, 2.75) is 32.5 Å². The fraction of sp³-hybridized carbons (Fsp3) is 0.688. The molecule has 0 saturated carbocycles. The van der Waals surface area contributed by atoms with E-state index in [1.807, 2.05) is 20.8 Å². The summed E-state index contributed by atoms with van der Waals surface area (Å²) in [5.41, 5.74) is 5.52. The third-order valence-corrected chi connectivity index (χ3v) is 3.54. The Kier molecular flexibility index (Phi) is 6.30. The molecule has 1 unspecified atom stereocenters. The van der Waals surface area contributed by atoms with Crippen LogP contribution in [0.3, 0.4) is 0 Å². The molecule has 0 aromatic carbocycles. The van der Waals surface area contributed by atoms with Crippen LogP contribution in [0.4, 0.5) is 16.4 Å². The van der Waals surface area contributed by atoms with Crippen LogP contribution in [0, 0.1) is 0 Å². The highest BCUT2D eigenvalue weighted by molar-refractivity contribution is 5.68. The van der Waals surface area contributed by atoms with Gasteiger partial charge in [0.2, 0.25) is 17.7 Å². The number of anilines is 2. The SMILES string of the molecule is COc1nc(NCC2CN(C(=O)OC(C)(C)C)CCO2)nc(OC)c1N. The summed E-state index contributed by atoms with van der Waals surface area (Å²) in [5.74, 6) is 0.740. The molecule has 10 nitrogen and oxygen atoms in total. The Morgan fingerprint density at radius 1 is 1.31 bits per heavy atom. The Labute approximate surface area is 153 Å². The normalized spacial score (nSPS) is 17.6. The van der Waals surface area contributed by atoms with Gasteiger partial charge in [0, 0.05) is 13.1 Å². The van der Waals surface area contributed by atoms with Crippen molar-refractivity contribution in [3.05, 3.63) is 0 Å².